The molecule has 0 radical (unpaired) electrons. The first kappa shape index (κ1) is 6.45. The highest BCUT2D eigenvalue weighted by atomic mass is 14.6. The Balaban J connectivity index is 1.97. The SMILES string of the molecule is CC=CC1CC12CCCC2. The molecule has 1 atom stereocenters. The molecule has 0 amide bonds. The molecule has 2 saturated carbocycles. The van der Waals surface area contributed by atoms with Gasteiger partial charge in [-0.3, -0.25) is 0 Å². The summed E-state index contributed by atoms with van der Waals surface area (Å²) in [6.07, 6.45) is 12.1. The monoisotopic (exact) mass is 136 g/mol. The molecule has 0 aromatic heterocycles. The maximum absolute atomic E-state index is 2.41. The zero-order valence-electron chi connectivity index (χ0n) is 6.77. The Labute approximate surface area is 63.3 Å². The van der Waals surface area contributed by atoms with Crippen molar-refractivity contribution in [2.24, 2.45) is 11.3 Å². The van der Waals surface area contributed by atoms with Gasteiger partial charge in [0.25, 0.3) is 0 Å². The number of hydrogen-bond acceptors (Lipinski definition) is 0. The van der Waals surface area contributed by atoms with Crippen LogP contribution in [-0.2, 0) is 0 Å². The summed E-state index contributed by atoms with van der Waals surface area (Å²) in [7, 11) is 0. The third kappa shape index (κ3) is 0.817. The molecule has 1 unspecified atom stereocenters. The van der Waals surface area contributed by atoms with E-state index in [0.29, 0.717) is 0 Å². The van der Waals surface area contributed by atoms with Gasteiger partial charge in [0.15, 0.2) is 0 Å². The molecule has 2 aliphatic carbocycles. The van der Waals surface area contributed by atoms with E-state index in [-0.39, 0.29) is 0 Å². The van der Waals surface area contributed by atoms with Crippen molar-refractivity contribution in [3.05, 3.63) is 12.2 Å². The molecule has 10 heavy (non-hydrogen) atoms. The molecule has 2 aliphatic rings. The lowest BCUT2D eigenvalue weighted by Gasteiger charge is -2.02. The van der Waals surface area contributed by atoms with Crippen LogP contribution >= 0.6 is 0 Å². The highest BCUT2D eigenvalue weighted by Crippen LogP contribution is 2.63. The van der Waals surface area contributed by atoms with Crippen LogP contribution < -0.4 is 0 Å². The molecule has 0 heterocycles. The molecule has 0 aromatic rings. The van der Waals surface area contributed by atoms with Gasteiger partial charge in [-0.05, 0) is 37.5 Å². The van der Waals surface area contributed by atoms with Gasteiger partial charge in [-0.25, -0.2) is 0 Å². The maximum Gasteiger partial charge on any atom is -0.0171 e. The Morgan fingerprint density at radius 2 is 2.00 bits per heavy atom. The van der Waals surface area contributed by atoms with Gasteiger partial charge in [0.1, 0.15) is 0 Å². The van der Waals surface area contributed by atoms with Gasteiger partial charge in [-0.15, -0.1) is 0 Å². The van der Waals surface area contributed by atoms with Gasteiger partial charge in [0, 0.05) is 0 Å². The normalized spacial score (nSPS) is 35.9. The number of rotatable bonds is 1. The fraction of sp³-hybridized carbons (Fsp3) is 0.800. The van der Waals surface area contributed by atoms with Crippen LogP contribution in [0.2, 0.25) is 0 Å². The van der Waals surface area contributed by atoms with E-state index in [0.717, 1.165) is 11.3 Å². The van der Waals surface area contributed by atoms with Crippen molar-refractivity contribution in [3.8, 4) is 0 Å². The van der Waals surface area contributed by atoms with Gasteiger partial charge >= 0.3 is 0 Å². The minimum Gasteiger partial charge on any atom is -0.0914 e. The number of allylic oxidation sites excluding steroid dienone is 2. The molecule has 0 aromatic carbocycles. The van der Waals surface area contributed by atoms with Crippen LogP contribution in [0.15, 0.2) is 12.2 Å². The van der Waals surface area contributed by atoms with E-state index in [1.165, 1.54) is 32.1 Å². The predicted molar refractivity (Wildman–Crippen MR) is 43.8 cm³/mol. The molecule has 56 valence electrons. The fourth-order valence-corrected chi connectivity index (χ4v) is 2.54. The highest BCUT2D eigenvalue weighted by Gasteiger charge is 2.52. The summed E-state index contributed by atoms with van der Waals surface area (Å²) in [6, 6.07) is 0. The van der Waals surface area contributed by atoms with Crippen LogP contribution in [-0.4, -0.2) is 0 Å². The average Bonchev–Trinajstić information content (AvgIpc) is 2.43. The summed E-state index contributed by atoms with van der Waals surface area (Å²) >= 11 is 0. The van der Waals surface area contributed by atoms with Crippen LogP contribution in [0, 0.1) is 11.3 Å². The van der Waals surface area contributed by atoms with E-state index in [1.807, 2.05) is 0 Å². The Kier molecular flexibility index (Phi) is 1.36. The topological polar surface area (TPSA) is 0 Å². The second-order valence-electron chi connectivity index (χ2n) is 3.91. The maximum atomic E-state index is 2.41. The average molecular weight is 136 g/mol. The predicted octanol–water partition coefficient (Wildman–Crippen LogP) is 3.14. The van der Waals surface area contributed by atoms with Gasteiger partial charge in [-0.2, -0.15) is 0 Å². The first-order chi connectivity index (χ1) is 4.87. The lowest BCUT2D eigenvalue weighted by molar-refractivity contribution is 0.503. The standard InChI is InChI=1S/C10H16/c1-2-5-9-8-10(9)6-3-4-7-10/h2,5,9H,3-4,6-8H2,1H3. The molecule has 1 spiro atoms. The molecule has 2 rings (SSSR count). The largest absolute Gasteiger partial charge is 0.0914 e. The van der Waals surface area contributed by atoms with Crippen molar-refractivity contribution in [1.29, 1.82) is 0 Å². The summed E-state index contributed by atoms with van der Waals surface area (Å²) in [4.78, 5) is 0. The van der Waals surface area contributed by atoms with Crippen molar-refractivity contribution in [2.75, 3.05) is 0 Å². The molecule has 2 fully saturated rings. The Hall–Kier alpha value is -0.260. The fourth-order valence-electron chi connectivity index (χ4n) is 2.54. The Morgan fingerprint density at radius 3 is 2.60 bits per heavy atom. The van der Waals surface area contributed by atoms with E-state index >= 15 is 0 Å². The summed E-state index contributed by atoms with van der Waals surface area (Å²) in [5, 5.41) is 0. The molecule has 0 N–H and O–H groups in total. The molecule has 0 bridgehead atoms. The van der Waals surface area contributed by atoms with E-state index in [1.54, 1.807) is 0 Å². The molecule has 0 nitrogen and oxygen atoms in total. The van der Waals surface area contributed by atoms with Crippen LogP contribution in [0.1, 0.15) is 39.0 Å². The zero-order valence-corrected chi connectivity index (χ0v) is 6.77. The van der Waals surface area contributed by atoms with E-state index in [4.69, 9.17) is 0 Å². The van der Waals surface area contributed by atoms with Gasteiger partial charge < -0.3 is 0 Å². The quantitative estimate of drug-likeness (QED) is 0.486. The summed E-state index contributed by atoms with van der Waals surface area (Å²) < 4.78 is 0. The summed E-state index contributed by atoms with van der Waals surface area (Å²) in [5.74, 6) is 0.972. The first-order valence-corrected chi connectivity index (χ1v) is 4.50. The first-order valence-electron chi connectivity index (χ1n) is 4.50. The van der Waals surface area contributed by atoms with Crippen LogP contribution in [0.4, 0.5) is 0 Å². The zero-order chi connectivity index (χ0) is 7.03. The lowest BCUT2D eigenvalue weighted by Crippen LogP contribution is -1.93. The summed E-state index contributed by atoms with van der Waals surface area (Å²) in [5.41, 5.74) is 0.826. The second-order valence-corrected chi connectivity index (χ2v) is 3.91. The molecule has 0 saturated heterocycles. The van der Waals surface area contributed by atoms with E-state index in [9.17, 15) is 0 Å². The van der Waals surface area contributed by atoms with Gasteiger partial charge in [-0.1, -0.05) is 25.0 Å². The number of hydrogen-bond donors (Lipinski definition) is 0. The third-order valence-corrected chi connectivity index (χ3v) is 3.28. The van der Waals surface area contributed by atoms with Crippen LogP contribution in [0.3, 0.4) is 0 Å². The third-order valence-electron chi connectivity index (χ3n) is 3.28. The highest BCUT2D eigenvalue weighted by molar-refractivity contribution is 5.12. The lowest BCUT2D eigenvalue weighted by atomic mass is 10.0. The van der Waals surface area contributed by atoms with Crippen LogP contribution in [0.25, 0.3) is 0 Å². The molecular weight excluding hydrogens is 120 g/mol. The van der Waals surface area contributed by atoms with Crippen LogP contribution in [0.5, 0.6) is 0 Å². The molecule has 0 heteroatoms. The van der Waals surface area contributed by atoms with E-state index < -0.39 is 0 Å². The Bertz CT molecular complexity index is 149. The molecular formula is C10H16. The summed E-state index contributed by atoms with van der Waals surface area (Å²) in [6.45, 7) is 2.14. The van der Waals surface area contributed by atoms with Crippen molar-refractivity contribution >= 4 is 0 Å². The van der Waals surface area contributed by atoms with Crippen molar-refractivity contribution in [2.45, 2.75) is 39.0 Å². The van der Waals surface area contributed by atoms with E-state index in [2.05, 4.69) is 19.1 Å². The van der Waals surface area contributed by atoms with Gasteiger partial charge in [0.2, 0.25) is 0 Å². The minimum atomic E-state index is 0.826. The van der Waals surface area contributed by atoms with Crippen molar-refractivity contribution in [1.82, 2.24) is 0 Å². The second kappa shape index (κ2) is 2.11. The Morgan fingerprint density at radius 1 is 1.30 bits per heavy atom. The van der Waals surface area contributed by atoms with Crippen molar-refractivity contribution < 1.29 is 0 Å². The van der Waals surface area contributed by atoms with Crippen molar-refractivity contribution in [3.63, 3.8) is 0 Å². The molecule has 0 aliphatic heterocycles. The smallest absolute Gasteiger partial charge is 0.0171 e. The minimum absolute atomic E-state index is 0.826. The van der Waals surface area contributed by atoms with Gasteiger partial charge in [0.05, 0.1) is 0 Å².